The highest BCUT2D eigenvalue weighted by Crippen LogP contribution is 2.17. The van der Waals surface area contributed by atoms with E-state index in [9.17, 15) is 4.79 Å². The second-order valence-corrected chi connectivity index (χ2v) is 3.66. The molecule has 1 aromatic rings. The third kappa shape index (κ3) is 2.26. The van der Waals surface area contributed by atoms with Crippen molar-refractivity contribution in [3.63, 3.8) is 0 Å². The van der Waals surface area contributed by atoms with Crippen LogP contribution in [0, 0.1) is 19.8 Å². The van der Waals surface area contributed by atoms with Gasteiger partial charge in [-0.15, -0.1) is 11.6 Å². The minimum absolute atomic E-state index is 0.0763. The SMILES string of the molecule is Cc1n[nH]c(C)c1NC(=O)C(C)CCl. The molecule has 1 atom stereocenters. The molecule has 0 fully saturated rings. The normalized spacial score (nSPS) is 12.6. The predicted molar refractivity (Wildman–Crippen MR) is 56.6 cm³/mol. The number of nitrogens with one attached hydrogen (secondary N) is 2. The van der Waals surface area contributed by atoms with Gasteiger partial charge >= 0.3 is 0 Å². The van der Waals surface area contributed by atoms with Gasteiger partial charge in [0.05, 0.1) is 17.1 Å². The van der Waals surface area contributed by atoms with Crippen molar-refractivity contribution >= 4 is 23.2 Å². The van der Waals surface area contributed by atoms with Crippen molar-refractivity contribution < 1.29 is 4.79 Å². The highest BCUT2D eigenvalue weighted by atomic mass is 35.5. The summed E-state index contributed by atoms with van der Waals surface area (Å²) in [5.41, 5.74) is 2.40. The summed E-state index contributed by atoms with van der Waals surface area (Å²) in [5, 5.41) is 9.58. The zero-order valence-electron chi connectivity index (χ0n) is 8.52. The van der Waals surface area contributed by atoms with E-state index in [4.69, 9.17) is 11.6 Å². The first-order chi connectivity index (χ1) is 6.56. The van der Waals surface area contributed by atoms with Gasteiger partial charge in [0.25, 0.3) is 0 Å². The molecule has 0 aliphatic rings. The smallest absolute Gasteiger partial charge is 0.228 e. The van der Waals surface area contributed by atoms with Crippen LogP contribution in [0.2, 0.25) is 0 Å². The zero-order chi connectivity index (χ0) is 10.7. The molecule has 0 aliphatic heterocycles. The molecule has 1 aromatic heterocycles. The Balaban J connectivity index is 2.74. The van der Waals surface area contributed by atoms with Crippen molar-refractivity contribution in [2.45, 2.75) is 20.8 Å². The van der Waals surface area contributed by atoms with Gasteiger partial charge in [-0.2, -0.15) is 5.10 Å². The predicted octanol–water partition coefficient (Wildman–Crippen LogP) is 1.84. The number of carbonyl (C=O) groups excluding carboxylic acids is 1. The standard InChI is InChI=1S/C9H14ClN3O/c1-5(4-10)9(14)11-8-6(2)12-13-7(8)3/h5H,4H2,1-3H3,(H,11,14)(H,12,13). The van der Waals surface area contributed by atoms with Gasteiger partial charge in [-0.1, -0.05) is 6.92 Å². The Kier molecular flexibility index (Phi) is 3.52. The monoisotopic (exact) mass is 215 g/mol. The van der Waals surface area contributed by atoms with Gasteiger partial charge in [-0.25, -0.2) is 0 Å². The average Bonchev–Trinajstić information content (AvgIpc) is 2.48. The van der Waals surface area contributed by atoms with E-state index in [0.29, 0.717) is 5.88 Å². The number of alkyl halides is 1. The van der Waals surface area contributed by atoms with Crippen LogP contribution in [-0.4, -0.2) is 22.0 Å². The number of amides is 1. The summed E-state index contributed by atoms with van der Waals surface area (Å²) in [7, 11) is 0. The molecule has 1 rings (SSSR count). The van der Waals surface area contributed by atoms with Gasteiger partial charge in [0.2, 0.25) is 5.91 Å². The molecule has 0 radical (unpaired) electrons. The molecule has 0 bridgehead atoms. The summed E-state index contributed by atoms with van der Waals surface area (Å²) in [6.45, 7) is 5.48. The molecule has 1 amide bonds. The van der Waals surface area contributed by atoms with Crippen molar-refractivity contribution in [2.75, 3.05) is 11.2 Å². The Morgan fingerprint density at radius 2 is 2.29 bits per heavy atom. The van der Waals surface area contributed by atoms with E-state index in [2.05, 4.69) is 15.5 Å². The third-order valence-corrected chi connectivity index (χ3v) is 2.52. The first-order valence-corrected chi connectivity index (χ1v) is 4.98. The molecule has 4 nitrogen and oxygen atoms in total. The average molecular weight is 216 g/mol. The number of aromatic amines is 1. The van der Waals surface area contributed by atoms with Crippen LogP contribution in [0.4, 0.5) is 5.69 Å². The molecule has 1 unspecified atom stereocenters. The molecule has 0 aromatic carbocycles. The Bertz CT molecular complexity index is 315. The van der Waals surface area contributed by atoms with E-state index in [-0.39, 0.29) is 11.8 Å². The fourth-order valence-electron chi connectivity index (χ4n) is 1.05. The maximum atomic E-state index is 11.5. The van der Waals surface area contributed by atoms with Gasteiger partial charge in [0.15, 0.2) is 0 Å². The van der Waals surface area contributed by atoms with Crippen LogP contribution in [0.1, 0.15) is 18.3 Å². The van der Waals surface area contributed by atoms with Crippen LogP contribution < -0.4 is 5.32 Å². The number of H-pyrrole nitrogens is 1. The molecule has 5 heteroatoms. The molecule has 0 spiro atoms. The van der Waals surface area contributed by atoms with Crippen molar-refractivity contribution in [3.05, 3.63) is 11.4 Å². The minimum atomic E-state index is -0.189. The molecule has 0 saturated heterocycles. The van der Waals surface area contributed by atoms with Gasteiger partial charge in [-0.05, 0) is 13.8 Å². The highest BCUT2D eigenvalue weighted by Gasteiger charge is 2.15. The van der Waals surface area contributed by atoms with Crippen LogP contribution in [-0.2, 0) is 4.79 Å². The van der Waals surface area contributed by atoms with Crippen molar-refractivity contribution in [3.8, 4) is 0 Å². The summed E-state index contributed by atoms with van der Waals surface area (Å²) in [5.74, 6) is 0.0554. The van der Waals surface area contributed by atoms with Gasteiger partial charge < -0.3 is 5.32 Å². The third-order valence-electron chi connectivity index (χ3n) is 2.06. The van der Waals surface area contributed by atoms with Gasteiger partial charge in [0.1, 0.15) is 0 Å². The van der Waals surface area contributed by atoms with Gasteiger partial charge in [0, 0.05) is 11.8 Å². The summed E-state index contributed by atoms with van der Waals surface area (Å²) in [6, 6.07) is 0. The lowest BCUT2D eigenvalue weighted by molar-refractivity contribution is -0.118. The number of carbonyl (C=O) groups is 1. The lowest BCUT2D eigenvalue weighted by atomic mass is 10.2. The largest absolute Gasteiger partial charge is 0.323 e. The fourth-order valence-corrected chi connectivity index (χ4v) is 1.19. The second kappa shape index (κ2) is 4.46. The minimum Gasteiger partial charge on any atom is -0.323 e. The summed E-state index contributed by atoms with van der Waals surface area (Å²) in [4.78, 5) is 11.5. The van der Waals surface area contributed by atoms with E-state index in [1.807, 2.05) is 13.8 Å². The van der Waals surface area contributed by atoms with Crippen molar-refractivity contribution in [2.24, 2.45) is 5.92 Å². The molecule has 2 N–H and O–H groups in total. The van der Waals surface area contributed by atoms with Crippen molar-refractivity contribution in [1.29, 1.82) is 0 Å². The zero-order valence-corrected chi connectivity index (χ0v) is 9.27. The number of aromatic nitrogens is 2. The summed E-state index contributed by atoms with van der Waals surface area (Å²) >= 11 is 5.58. The molecule has 1 heterocycles. The van der Waals surface area contributed by atoms with Crippen LogP contribution in [0.15, 0.2) is 0 Å². The van der Waals surface area contributed by atoms with E-state index in [1.54, 1.807) is 6.92 Å². The van der Waals surface area contributed by atoms with E-state index >= 15 is 0 Å². The summed E-state index contributed by atoms with van der Waals surface area (Å²) < 4.78 is 0. The Morgan fingerprint density at radius 1 is 1.64 bits per heavy atom. The molecular weight excluding hydrogens is 202 g/mol. The Morgan fingerprint density at radius 3 is 2.71 bits per heavy atom. The number of nitrogens with zero attached hydrogens (tertiary/aromatic N) is 1. The molecule has 0 aliphatic carbocycles. The van der Waals surface area contributed by atoms with Crippen LogP contribution in [0.25, 0.3) is 0 Å². The number of aryl methyl sites for hydroxylation is 2. The lowest BCUT2D eigenvalue weighted by Crippen LogP contribution is -2.22. The maximum absolute atomic E-state index is 11.5. The van der Waals surface area contributed by atoms with Crippen LogP contribution in [0.5, 0.6) is 0 Å². The first-order valence-electron chi connectivity index (χ1n) is 4.44. The molecular formula is C9H14ClN3O. The Labute approximate surface area is 88.0 Å². The summed E-state index contributed by atoms with van der Waals surface area (Å²) in [6.07, 6.45) is 0. The Hall–Kier alpha value is -1.03. The highest BCUT2D eigenvalue weighted by molar-refractivity contribution is 6.19. The lowest BCUT2D eigenvalue weighted by Gasteiger charge is -2.08. The van der Waals surface area contributed by atoms with E-state index in [0.717, 1.165) is 17.1 Å². The molecule has 0 saturated carbocycles. The number of anilines is 1. The van der Waals surface area contributed by atoms with Crippen LogP contribution in [0.3, 0.4) is 0 Å². The topological polar surface area (TPSA) is 57.8 Å². The van der Waals surface area contributed by atoms with E-state index < -0.39 is 0 Å². The first kappa shape index (κ1) is 11.0. The van der Waals surface area contributed by atoms with Crippen molar-refractivity contribution in [1.82, 2.24) is 10.2 Å². The number of rotatable bonds is 3. The van der Waals surface area contributed by atoms with Crippen LogP contribution >= 0.6 is 11.6 Å². The number of halogens is 1. The van der Waals surface area contributed by atoms with E-state index in [1.165, 1.54) is 0 Å². The number of hydrogen-bond donors (Lipinski definition) is 2. The quantitative estimate of drug-likeness (QED) is 0.756. The molecule has 78 valence electrons. The number of hydrogen-bond acceptors (Lipinski definition) is 2. The molecule has 14 heavy (non-hydrogen) atoms. The fraction of sp³-hybridized carbons (Fsp3) is 0.556. The van der Waals surface area contributed by atoms with Gasteiger partial charge in [-0.3, -0.25) is 9.89 Å². The second-order valence-electron chi connectivity index (χ2n) is 3.35. The maximum Gasteiger partial charge on any atom is 0.228 e.